The van der Waals surface area contributed by atoms with Gasteiger partial charge in [0.25, 0.3) is 0 Å². The summed E-state index contributed by atoms with van der Waals surface area (Å²) in [6, 6.07) is 6.33. The van der Waals surface area contributed by atoms with Gasteiger partial charge in [0.05, 0.1) is 0 Å². The quantitative estimate of drug-likeness (QED) is 0.811. The third-order valence-electron chi connectivity index (χ3n) is 3.00. The highest BCUT2D eigenvalue weighted by Gasteiger charge is 2.34. The highest BCUT2D eigenvalue weighted by atomic mass is 16.4. The van der Waals surface area contributed by atoms with Gasteiger partial charge in [0, 0.05) is 13.1 Å². The molecule has 1 rings (SSSR count). The van der Waals surface area contributed by atoms with Crippen LogP contribution < -0.4 is 0 Å². The summed E-state index contributed by atoms with van der Waals surface area (Å²) < 4.78 is 0. The smallest absolute Gasteiger partial charge is 0.329 e. The first-order valence-electron chi connectivity index (χ1n) is 5.73. The van der Waals surface area contributed by atoms with Gasteiger partial charge in [-0.25, -0.2) is 4.79 Å². The zero-order chi connectivity index (χ0) is 14.6. The summed E-state index contributed by atoms with van der Waals surface area (Å²) in [4.78, 5) is 24.1. The summed E-state index contributed by atoms with van der Waals surface area (Å²) in [6.07, 6.45) is 2.87. The largest absolute Gasteiger partial charge is 0.508 e. The van der Waals surface area contributed by atoms with E-state index in [-0.39, 0.29) is 5.75 Å². The van der Waals surface area contributed by atoms with Crippen LogP contribution in [0.15, 0.2) is 30.3 Å². The Morgan fingerprint density at radius 3 is 2.21 bits per heavy atom. The number of carboxylic acids is 1. The van der Waals surface area contributed by atoms with Crippen molar-refractivity contribution < 1.29 is 19.8 Å². The maximum absolute atomic E-state index is 11.9. The molecule has 2 N–H and O–H groups in total. The summed E-state index contributed by atoms with van der Waals surface area (Å²) in [7, 11) is 1.44. The van der Waals surface area contributed by atoms with E-state index < -0.39 is 17.4 Å². The van der Waals surface area contributed by atoms with Gasteiger partial charge in [-0.15, -0.1) is 0 Å². The van der Waals surface area contributed by atoms with Crippen LogP contribution in [0.2, 0.25) is 0 Å². The predicted octanol–water partition coefficient (Wildman–Crippen LogP) is 1.73. The molecule has 0 radical (unpaired) electrons. The fraction of sp³-hybridized carbons (Fsp3) is 0.286. The second-order valence-electron chi connectivity index (χ2n) is 4.69. The molecule has 0 bridgehead atoms. The third kappa shape index (κ3) is 3.58. The lowest BCUT2D eigenvalue weighted by molar-refractivity contribution is -0.153. The fourth-order valence-corrected chi connectivity index (χ4v) is 1.28. The Kier molecular flexibility index (Phi) is 4.32. The Morgan fingerprint density at radius 2 is 1.74 bits per heavy atom. The predicted molar refractivity (Wildman–Crippen MR) is 71.6 cm³/mol. The van der Waals surface area contributed by atoms with Crippen LogP contribution in [0.25, 0.3) is 6.08 Å². The molecule has 0 spiro atoms. The van der Waals surface area contributed by atoms with Gasteiger partial charge in [0.2, 0.25) is 5.91 Å². The maximum Gasteiger partial charge on any atom is 0.329 e. The molecule has 0 unspecified atom stereocenters. The average Bonchev–Trinajstić information content (AvgIpc) is 2.36. The van der Waals surface area contributed by atoms with Gasteiger partial charge >= 0.3 is 5.97 Å². The molecule has 0 saturated carbocycles. The molecule has 1 aromatic carbocycles. The zero-order valence-corrected chi connectivity index (χ0v) is 11.1. The Morgan fingerprint density at radius 1 is 1.21 bits per heavy atom. The van der Waals surface area contributed by atoms with Crippen molar-refractivity contribution in [3.8, 4) is 5.75 Å². The normalized spacial score (nSPS) is 11.5. The summed E-state index contributed by atoms with van der Waals surface area (Å²) in [5, 5.41) is 18.2. The van der Waals surface area contributed by atoms with Crippen molar-refractivity contribution >= 4 is 18.0 Å². The Hall–Kier alpha value is -2.30. The number of phenols is 1. The molecule has 0 saturated heterocycles. The fourth-order valence-electron chi connectivity index (χ4n) is 1.28. The number of hydrogen-bond donors (Lipinski definition) is 2. The van der Waals surface area contributed by atoms with E-state index in [1.54, 1.807) is 18.2 Å². The molecular weight excluding hydrogens is 246 g/mol. The zero-order valence-electron chi connectivity index (χ0n) is 11.1. The highest BCUT2D eigenvalue weighted by molar-refractivity contribution is 5.95. The van der Waals surface area contributed by atoms with E-state index in [2.05, 4.69) is 0 Å². The number of nitrogens with zero attached hydrogens (tertiary/aromatic N) is 1. The lowest BCUT2D eigenvalue weighted by Gasteiger charge is -2.30. The van der Waals surface area contributed by atoms with Gasteiger partial charge in [-0.05, 0) is 37.6 Å². The lowest BCUT2D eigenvalue weighted by atomic mass is 10.0. The molecule has 0 atom stereocenters. The van der Waals surface area contributed by atoms with Crippen LogP contribution >= 0.6 is 0 Å². The number of likely N-dealkylation sites (N-methyl/N-ethyl adjacent to an activating group) is 1. The third-order valence-corrected chi connectivity index (χ3v) is 3.00. The Labute approximate surface area is 111 Å². The number of aromatic hydroxyl groups is 1. The van der Waals surface area contributed by atoms with Crippen molar-refractivity contribution in [2.75, 3.05) is 7.05 Å². The van der Waals surface area contributed by atoms with Crippen molar-refractivity contribution in [3.63, 3.8) is 0 Å². The number of aliphatic carboxylic acids is 1. The SMILES string of the molecule is CN(C(=O)/C=C/c1ccc(O)cc1)C(C)(C)C(=O)O. The van der Waals surface area contributed by atoms with Gasteiger partial charge in [-0.2, -0.15) is 0 Å². The molecule has 5 heteroatoms. The molecule has 19 heavy (non-hydrogen) atoms. The molecule has 0 heterocycles. The average molecular weight is 263 g/mol. The van der Waals surface area contributed by atoms with Crippen LogP contribution in [-0.2, 0) is 9.59 Å². The molecule has 0 fully saturated rings. The second-order valence-corrected chi connectivity index (χ2v) is 4.69. The summed E-state index contributed by atoms with van der Waals surface area (Å²) in [6.45, 7) is 2.92. The van der Waals surface area contributed by atoms with E-state index in [4.69, 9.17) is 10.2 Å². The number of carbonyl (C=O) groups excluding carboxylic acids is 1. The minimum Gasteiger partial charge on any atom is -0.508 e. The molecule has 0 aliphatic heterocycles. The maximum atomic E-state index is 11.9. The number of rotatable bonds is 4. The van der Waals surface area contributed by atoms with E-state index in [0.717, 1.165) is 10.5 Å². The van der Waals surface area contributed by atoms with Crippen LogP contribution in [0.1, 0.15) is 19.4 Å². The van der Waals surface area contributed by atoms with Gasteiger partial charge in [-0.1, -0.05) is 12.1 Å². The van der Waals surface area contributed by atoms with Crippen molar-refractivity contribution in [2.24, 2.45) is 0 Å². The van der Waals surface area contributed by atoms with Crippen molar-refractivity contribution in [2.45, 2.75) is 19.4 Å². The molecular formula is C14H17NO4. The first-order chi connectivity index (χ1) is 8.75. The molecule has 5 nitrogen and oxygen atoms in total. The number of hydrogen-bond acceptors (Lipinski definition) is 3. The van der Waals surface area contributed by atoms with Gasteiger partial charge in [0.15, 0.2) is 0 Å². The van der Waals surface area contributed by atoms with E-state index in [1.165, 1.54) is 39.1 Å². The molecule has 1 amide bonds. The van der Waals surface area contributed by atoms with Crippen molar-refractivity contribution in [3.05, 3.63) is 35.9 Å². The van der Waals surface area contributed by atoms with Crippen molar-refractivity contribution in [1.29, 1.82) is 0 Å². The van der Waals surface area contributed by atoms with Crippen LogP contribution in [0.5, 0.6) is 5.75 Å². The van der Waals surface area contributed by atoms with Gasteiger partial charge in [-0.3, -0.25) is 4.79 Å². The van der Waals surface area contributed by atoms with E-state index in [0.29, 0.717) is 0 Å². The van der Waals surface area contributed by atoms with Crippen molar-refractivity contribution in [1.82, 2.24) is 4.90 Å². The van der Waals surface area contributed by atoms with E-state index in [1.807, 2.05) is 0 Å². The minimum absolute atomic E-state index is 0.146. The molecule has 1 aromatic rings. The van der Waals surface area contributed by atoms with Crippen LogP contribution in [0, 0.1) is 0 Å². The summed E-state index contributed by atoms with van der Waals surface area (Å²) in [5.74, 6) is -1.32. The number of amides is 1. The van der Waals surface area contributed by atoms with E-state index in [9.17, 15) is 9.59 Å². The van der Waals surface area contributed by atoms with Crippen LogP contribution in [0.4, 0.5) is 0 Å². The Balaban J connectivity index is 2.80. The summed E-state index contributed by atoms with van der Waals surface area (Å²) >= 11 is 0. The van der Waals surface area contributed by atoms with Crippen LogP contribution in [-0.4, -0.2) is 39.6 Å². The number of phenolic OH excluding ortho intramolecular Hbond substituents is 1. The number of benzene rings is 1. The second kappa shape index (κ2) is 5.56. The minimum atomic E-state index is -1.27. The highest BCUT2D eigenvalue weighted by Crippen LogP contribution is 2.14. The number of carboxylic acid groups (broad SMARTS) is 1. The standard InChI is InChI=1S/C14H17NO4/c1-14(2,13(18)19)15(3)12(17)9-6-10-4-7-11(16)8-5-10/h4-9,16H,1-3H3,(H,18,19)/b9-6+. The first-order valence-corrected chi connectivity index (χ1v) is 5.73. The van der Waals surface area contributed by atoms with Gasteiger partial charge in [0.1, 0.15) is 11.3 Å². The van der Waals surface area contributed by atoms with Gasteiger partial charge < -0.3 is 15.1 Å². The summed E-state index contributed by atoms with van der Waals surface area (Å²) in [5.41, 5.74) is -0.524. The Bertz CT molecular complexity index is 503. The number of carbonyl (C=O) groups is 2. The van der Waals surface area contributed by atoms with Crippen LogP contribution in [0.3, 0.4) is 0 Å². The molecule has 102 valence electrons. The first kappa shape index (κ1) is 14.8. The van der Waals surface area contributed by atoms with E-state index >= 15 is 0 Å². The molecule has 0 aromatic heterocycles. The monoisotopic (exact) mass is 263 g/mol. The molecule has 0 aliphatic carbocycles. The lowest BCUT2D eigenvalue weighted by Crippen LogP contribution is -2.50. The molecule has 0 aliphatic rings. The topological polar surface area (TPSA) is 77.8 Å².